The first-order chi connectivity index (χ1) is 8.33. The van der Waals surface area contributed by atoms with Crippen molar-refractivity contribution >= 4 is 5.91 Å². The van der Waals surface area contributed by atoms with Crippen LogP contribution in [-0.4, -0.2) is 38.8 Å². The first-order valence-electron chi connectivity index (χ1n) is 6.88. The fraction of sp³-hybridized carbons (Fsp3) is 0.923. The third-order valence-electron chi connectivity index (χ3n) is 3.15. The highest BCUT2D eigenvalue weighted by molar-refractivity contribution is 5.77. The van der Waals surface area contributed by atoms with Crippen LogP contribution >= 0.6 is 0 Å². The van der Waals surface area contributed by atoms with Crippen molar-refractivity contribution in [3.05, 3.63) is 0 Å². The second kappa shape index (κ2) is 9.42. The molecule has 1 aliphatic rings. The van der Waals surface area contributed by atoms with Crippen LogP contribution in [0.5, 0.6) is 0 Å². The zero-order chi connectivity index (χ0) is 12.3. The van der Waals surface area contributed by atoms with Crippen LogP contribution in [0.1, 0.15) is 39.0 Å². The van der Waals surface area contributed by atoms with Gasteiger partial charge in [0, 0.05) is 13.2 Å². The molecule has 1 rings (SSSR count). The van der Waals surface area contributed by atoms with Crippen molar-refractivity contribution in [1.29, 1.82) is 0 Å². The van der Waals surface area contributed by atoms with E-state index in [1.54, 1.807) is 0 Å². The van der Waals surface area contributed by atoms with Gasteiger partial charge in [-0.2, -0.15) is 0 Å². The predicted octanol–water partition coefficient (Wildman–Crippen LogP) is 1.31. The van der Waals surface area contributed by atoms with Crippen molar-refractivity contribution in [2.75, 3.05) is 32.8 Å². The number of rotatable bonds is 8. The van der Waals surface area contributed by atoms with E-state index in [4.69, 9.17) is 4.74 Å². The molecule has 1 unspecified atom stereocenters. The number of unbranched alkanes of at least 4 members (excludes halogenated alkanes) is 1. The Morgan fingerprint density at radius 3 is 3.12 bits per heavy atom. The summed E-state index contributed by atoms with van der Waals surface area (Å²) in [6.45, 7) is 6.04. The Morgan fingerprint density at radius 2 is 2.41 bits per heavy atom. The van der Waals surface area contributed by atoms with Gasteiger partial charge in [0.05, 0.1) is 0 Å². The van der Waals surface area contributed by atoms with Crippen LogP contribution in [0, 0.1) is 5.92 Å². The molecule has 1 heterocycles. The number of carbonyl (C=O) groups is 1. The quantitative estimate of drug-likeness (QED) is 0.631. The molecule has 1 saturated heterocycles. The lowest BCUT2D eigenvalue weighted by Gasteiger charge is -2.22. The highest BCUT2D eigenvalue weighted by atomic mass is 16.5. The van der Waals surface area contributed by atoms with Crippen molar-refractivity contribution in [3.8, 4) is 0 Å². The summed E-state index contributed by atoms with van der Waals surface area (Å²) in [6.07, 6.45) is 5.76. The summed E-state index contributed by atoms with van der Waals surface area (Å²) in [5, 5.41) is 6.30. The topological polar surface area (TPSA) is 50.4 Å². The third-order valence-corrected chi connectivity index (χ3v) is 3.15. The maximum absolute atomic E-state index is 11.4. The van der Waals surface area contributed by atoms with Gasteiger partial charge in [-0.15, -0.1) is 0 Å². The lowest BCUT2D eigenvalue weighted by atomic mass is 9.96. The normalized spacial score (nSPS) is 20.2. The number of amides is 1. The van der Waals surface area contributed by atoms with Gasteiger partial charge in [-0.25, -0.2) is 0 Å². The number of piperidine rings is 1. The van der Waals surface area contributed by atoms with Gasteiger partial charge in [0.2, 0.25) is 5.91 Å². The molecule has 4 heteroatoms. The van der Waals surface area contributed by atoms with Gasteiger partial charge in [-0.1, -0.05) is 13.3 Å². The van der Waals surface area contributed by atoms with Crippen molar-refractivity contribution < 1.29 is 9.53 Å². The zero-order valence-electron chi connectivity index (χ0n) is 11.0. The van der Waals surface area contributed by atoms with Crippen LogP contribution in [0.3, 0.4) is 0 Å². The van der Waals surface area contributed by atoms with Gasteiger partial charge in [0.25, 0.3) is 0 Å². The minimum Gasteiger partial charge on any atom is -0.372 e. The van der Waals surface area contributed by atoms with Crippen LogP contribution in [0.2, 0.25) is 0 Å². The zero-order valence-corrected chi connectivity index (χ0v) is 11.0. The first-order valence-corrected chi connectivity index (χ1v) is 6.88. The molecule has 1 atom stereocenters. The molecule has 0 aliphatic carbocycles. The summed E-state index contributed by atoms with van der Waals surface area (Å²) in [6, 6.07) is 0. The van der Waals surface area contributed by atoms with E-state index < -0.39 is 0 Å². The molecule has 0 spiro atoms. The Balaban J connectivity index is 1.92. The molecule has 1 amide bonds. The Kier molecular flexibility index (Phi) is 8.01. The molecule has 0 saturated carbocycles. The minimum absolute atomic E-state index is 0.0184. The van der Waals surface area contributed by atoms with Gasteiger partial charge in [0.15, 0.2) is 0 Å². The monoisotopic (exact) mass is 242 g/mol. The van der Waals surface area contributed by atoms with Gasteiger partial charge in [-0.3, -0.25) is 4.79 Å². The molecule has 2 N–H and O–H groups in total. The maximum Gasteiger partial charge on any atom is 0.245 e. The fourth-order valence-corrected chi connectivity index (χ4v) is 2.05. The average molecular weight is 242 g/mol. The molecule has 0 aromatic rings. The van der Waals surface area contributed by atoms with E-state index in [0.29, 0.717) is 6.61 Å². The van der Waals surface area contributed by atoms with E-state index in [1.807, 2.05) is 0 Å². The fourth-order valence-electron chi connectivity index (χ4n) is 2.05. The summed E-state index contributed by atoms with van der Waals surface area (Å²) in [5.74, 6) is 0.745. The molecule has 0 bridgehead atoms. The third kappa shape index (κ3) is 7.34. The van der Waals surface area contributed by atoms with Crippen LogP contribution in [-0.2, 0) is 9.53 Å². The van der Waals surface area contributed by atoms with Crippen LogP contribution in [0.25, 0.3) is 0 Å². The Labute approximate surface area is 104 Å². The number of ether oxygens (including phenoxy) is 1. The Morgan fingerprint density at radius 1 is 1.53 bits per heavy atom. The summed E-state index contributed by atoms with van der Waals surface area (Å²) in [7, 11) is 0. The second-order valence-electron chi connectivity index (χ2n) is 4.76. The Bertz CT molecular complexity index is 204. The number of hydrogen-bond acceptors (Lipinski definition) is 3. The van der Waals surface area contributed by atoms with Crippen LogP contribution < -0.4 is 10.6 Å². The molecular formula is C13H26N2O2. The first kappa shape index (κ1) is 14.5. The van der Waals surface area contributed by atoms with Crippen molar-refractivity contribution in [2.45, 2.75) is 39.0 Å². The second-order valence-corrected chi connectivity index (χ2v) is 4.76. The highest BCUT2D eigenvalue weighted by Gasteiger charge is 2.12. The van der Waals surface area contributed by atoms with E-state index in [2.05, 4.69) is 17.6 Å². The molecule has 17 heavy (non-hydrogen) atoms. The summed E-state index contributed by atoms with van der Waals surface area (Å²) >= 11 is 0. The van der Waals surface area contributed by atoms with E-state index in [1.165, 1.54) is 12.8 Å². The van der Waals surface area contributed by atoms with Crippen molar-refractivity contribution in [1.82, 2.24) is 10.6 Å². The van der Waals surface area contributed by atoms with E-state index in [-0.39, 0.29) is 12.5 Å². The summed E-state index contributed by atoms with van der Waals surface area (Å²) in [4.78, 5) is 11.4. The highest BCUT2D eigenvalue weighted by Crippen LogP contribution is 2.12. The van der Waals surface area contributed by atoms with E-state index >= 15 is 0 Å². The lowest BCUT2D eigenvalue weighted by Crippen LogP contribution is -2.34. The molecule has 0 aromatic carbocycles. The van der Waals surface area contributed by atoms with E-state index in [0.717, 1.165) is 44.8 Å². The number of carbonyl (C=O) groups excluding carboxylic acids is 1. The van der Waals surface area contributed by atoms with Crippen molar-refractivity contribution in [2.24, 2.45) is 5.92 Å². The summed E-state index contributed by atoms with van der Waals surface area (Å²) < 4.78 is 5.25. The lowest BCUT2D eigenvalue weighted by molar-refractivity contribution is -0.125. The molecule has 100 valence electrons. The van der Waals surface area contributed by atoms with Gasteiger partial charge >= 0.3 is 0 Å². The van der Waals surface area contributed by atoms with Crippen LogP contribution in [0.4, 0.5) is 0 Å². The molecule has 0 aromatic heterocycles. The largest absolute Gasteiger partial charge is 0.372 e. The molecule has 4 nitrogen and oxygen atoms in total. The SMILES string of the molecule is CCCCOCC(=O)NCCC1CCCNC1. The van der Waals surface area contributed by atoms with Crippen LogP contribution in [0.15, 0.2) is 0 Å². The van der Waals surface area contributed by atoms with Gasteiger partial charge < -0.3 is 15.4 Å². The average Bonchev–Trinajstić information content (AvgIpc) is 2.36. The van der Waals surface area contributed by atoms with E-state index in [9.17, 15) is 4.79 Å². The molecular weight excluding hydrogens is 216 g/mol. The van der Waals surface area contributed by atoms with Gasteiger partial charge in [-0.05, 0) is 44.7 Å². The Hall–Kier alpha value is -0.610. The van der Waals surface area contributed by atoms with Gasteiger partial charge in [0.1, 0.15) is 6.61 Å². The molecule has 1 aliphatic heterocycles. The summed E-state index contributed by atoms with van der Waals surface area (Å²) in [5.41, 5.74) is 0. The predicted molar refractivity (Wildman–Crippen MR) is 68.9 cm³/mol. The molecule has 1 fully saturated rings. The molecule has 0 radical (unpaired) electrons. The van der Waals surface area contributed by atoms with Crippen molar-refractivity contribution in [3.63, 3.8) is 0 Å². The standard InChI is InChI=1S/C13H26N2O2/c1-2-3-9-17-11-13(16)15-8-6-12-5-4-7-14-10-12/h12,14H,2-11H2,1H3,(H,15,16). The number of hydrogen-bond donors (Lipinski definition) is 2. The maximum atomic E-state index is 11.4. The number of nitrogens with one attached hydrogen (secondary N) is 2. The smallest absolute Gasteiger partial charge is 0.245 e. The minimum atomic E-state index is 0.0184.